The second kappa shape index (κ2) is 20.2. The van der Waals surface area contributed by atoms with E-state index in [1.165, 1.54) is 135 Å². The molecule has 4 heteroatoms. The molecule has 0 aromatic heterocycles. The molecule has 1 aromatic carbocycles. The van der Waals surface area contributed by atoms with Gasteiger partial charge in [-0.25, -0.2) is 0 Å². The van der Waals surface area contributed by atoms with Gasteiger partial charge in [-0.15, -0.1) is 0 Å². The van der Waals surface area contributed by atoms with Crippen molar-refractivity contribution in [2.75, 3.05) is 6.61 Å². The lowest BCUT2D eigenvalue weighted by Gasteiger charge is -2.52. The van der Waals surface area contributed by atoms with Crippen molar-refractivity contribution in [1.82, 2.24) is 0 Å². The second-order valence-corrected chi connectivity index (χ2v) is 18.2. The van der Waals surface area contributed by atoms with E-state index in [0.717, 1.165) is 36.2 Å². The fraction of sp³-hybridized carbons (Fsp3) is 0.857. The predicted octanol–water partition coefficient (Wildman–Crippen LogP) is 14.6. The van der Waals surface area contributed by atoms with E-state index in [1.807, 2.05) is 19.1 Å². The number of rotatable bonds is 22. The summed E-state index contributed by atoms with van der Waals surface area (Å²) in [5.74, 6) is 3.05. The summed E-state index contributed by atoms with van der Waals surface area (Å²) >= 11 is 0. The molecule has 3 fully saturated rings. The maximum Gasteiger partial charge on any atom is 0.115 e. The van der Waals surface area contributed by atoms with Gasteiger partial charge in [0.15, 0.2) is 0 Å². The van der Waals surface area contributed by atoms with Crippen LogP contribution in [0.25, 0.3) is 0 Å². The molecule has 3 nitrogen and oxygen atoms in total. The van der Waals surface area contributed by atoms with Crippen molar-refractivity contribution >= 4 is 10.9 Å². The van der Waals surface area contributed by atoms with E-state index in [1.54, 1.807) is 12.1 Å². The smallest absolute Gasteiger partial charge is 0.115 e. The van der Waals surface area contributed by atoms with Crippen molar-refractivity contribution in [3.63, 3.8) is 0 Å². The first-order chi connectivity index (χ1) is 22.1. The monoisotopic (exact) mass is 661 g/mol. The molecular formula is C42H76O3S. The van der Waals surface area contributed by atoms with Crippen LogP contribution in [-0.4, -0.2) is 15.7 Å². The standard InChI is InChI=1S/C42H76O3S/c1-7-9-21-39(34-45-46(43,44)40-25-23-36(4)24-26-40)22-15-16-28-41-29-17-31-42(32-18-30-41,38(6)27-33-41)37(5)20-14-12-10-11-13-19-35(3)8-2/h23-26,35,37-39,43-44H,7-22,27-34H2,1-6H3. The molecule has 3 aliphatic carbocycles. The van der Waals surface area contributed by atoms with E-state index in [4.69, 9.17) is 4.18 Å². The lowest BCUT2D eigenvalue weighted by Crippen LogP contribution is -2.41. The van der Waals surface area contributed by atoms with Crippen molar-refractivity contribution in [3.8, 4) is 0 Å². The molecule has 0 heterocycles. The molecule has 268 valence electrons. The van der Waals surface area contributed by atoms with Gasteiger partial charge in [0, 0.05) is 0 Å². The van der Waals surface area contributed by atoms with Crippen LogP contribution in [0.5, 0.6) is 0 Å². The number of benzene rings is 1. The van der Waals surface area contributed by atoms with Crippen LogP contribution in [0.1, 0.15) is 188 Å². The van der Waals surface area contributed by atoms with E-state index in [2.05, 4.69) is 34.6 Å². The maximum atomic E-state index is 10.7. The first kappa shape index (κ1) is 39.9. The first-order valence-electron chi connectivity index (χ1n) is 20.0. The Balaban J connectivity index is 1.44. The second-order valence-electron chi connectivity index (χ2n) is 16.5. The minimum absolute atomic E-state index is 0.399. The number of hydrogen-bond donors (Lipinski definition) is 2. The molecule has 0 spiro atoms. The summed E-state index contributed by atoms with van der Waals surface area (Å²) < 4.78 is 27.3. The van der Waals surface area contributed by atoms with Gasteiger partial charge in [-0.3, -0.25) is 4.18 Å². The van der Waals surface area contributed by atoms with Crippen molar-refractivity contribution in [3.05, 3.63) is 29.8 Å². The maximum absolute atomic E-state index is 10.7. The Morgan fingerprint density at radius 3 is 2.04 bits per heavy atom. The van der Waals surface area contributed by atoms with Crippen LogP contribution in [0, 0.1) is 41.4 Å². The lowest BCUT2D eigenvalue weighted by atomic mass is 9.53. The van der Waals surface area contributed by atoms with Gasteiger partial charge in [0.2, 0.25) is 0 Å². The van der Waals surface area contributed by atoms with E-state index < -0.39 is 10.9 Å². The Morgan fingerprint density at radius 2 is 1.39 bits per heavy atom. The van der Waals surface area contributed by atoms with Crippen LogP contribution >= 0.6 is 10.9 Å². The third-order valence-corrected chi connectivity index (χ3v) is 14.5. The van der Waals surface area contributed by atoms with E-state index in [0.29, 0.717) is 28.3 Å². The predicted molar refractivity (Wildman–Crippen MR) is 202 cm³/mol. The molecule has 3 aliphatic rings. The van der Waals surface area contributed by atoms with Gasteiger partial charge in [0.25, 0.3) is 0 Å². The highest BCUT2D eigenvalue weighted by molar-refractivity contribution is 8.20. The summed E-state index contributed by atoms with van der Waals surface area (Å²) in [6.45, 7) is 14.7. The summed E-state index contributed by atoms with van der Waals surface area (Å²) in [4.78, 5) is 0.496. The minimum Gasteiger partial charge on any atom is -0.304 e. The molecule has 2 bridgehead atoms. The van der Waals surface area contributed by atoms with Crippen LogP contribution in [-0.2, 0) is 4.18 Å². The molecular weight excluding hydrogens is 585 g/mol. The highest BCUT2D eigenvalue weighted by atomic mass is 32.3. The zero-order valence-corrected chi connectivity index (χ0v) is 32.1. The molecule has 0 amide bonds. The molecule has 46 heavy (non-hydrogen) atoms. The van der Waals surface area contributed by atoms with Crippen LogP contribution in [0.15, 0.2) is 29.2 Å². The quantitative estimate of drug-likeness (QED) is 0.122. The summed E-state index contributed by atoms with van der Waals surface area (Å²) in [6, 6.07) is 7.42. The normalized spacial score (nSPS) is 26.2. The first-order valence-corrected chi connectivity index (χ1v) is 21.5. The molecule has 4 atom stereocenters. The van der Waals surface area contributed by atoms with Gasteiger partial charge in [-0.05, 0) is 111 Å². The van der Waals surface area contributed by atoms with Crippen LogP contribution in [0.3, 0.4) is 0 Å². The fourth-order valence-electron chi connectivity index (χ4n) is 9.42. The molecule has 4 unspecified atom stereocenters. The highest BCUT2D eigenvalue weighted by Gasteiger charge is 2.45. The number of hydrogen-bond acceptors (Lipinski definition) is 3. The third-order valence-electron chi connectivity index (χ3n) is 13.1. The van der Waals surface area contributed by atoms with Gasteiger partial charge < -0.3 is 9.11 Å². The van der Waals surface area contributed by atoms with Crippen molar-refractivity contribution in [1.29, 1.82) is 0 Å². The van der Waals surface area contributed by atoms with E-state index in [9.17, 15) is 9.11 Å². The Bertz CT molecular complexity index is 933. The number of unbranched alkanes of at least 4 members (excludes halogenated alkanes) is 6. The molecule has 4 rings (SSSR count). The average molecular weight is 661 g/mol. The zero-order valence-electron chi connectivity index (χ0n) is 31.3. The van der Waals surface area contributed by atoms with E-state index >= 15 is 0 Å². The number of fused-ring (bicyclic) bond motifs is 6. The molecule has 0 aliphatic heterocycles. The van der Waals surface area contributed by atoms with Crippen molar-refractivity contribution in [2.24, 2.45) is 34.5 Å². The Morgan fingerprint density at radius 1 is 0.783 bits per heavy atom. The Labute approximate surface area is 288 Å². The molecule has 2 N–H and O–H groups in total. The molecule has 3 saturated carbocycles. The fourth-order valence-corrected chi connectivity index (χ4v) is 10.4. The van der Waals surface area contributed by atoms with Crippen LogP contribution < -0.4 is 0 Å². The van der Waals surface area contributed by atoms with Gasteiger partial charge in [-0.1, -0.05) is 142 Å². The van der Waals surface area contributed by atoms with Crippen molar-refractivity contribution < 1.29 is 13.3 Å². The Kier molecular flexibility index (Phi) is 17.5. The third kappa shape index (κ3) is 12.4. The van der Waals surface area contributed by atoms with Crippen LogP contribution in [0.2, 0.25) is 0 Å². The van der Waals surface area contributed by atoms with E-state index in [-0.39, 0.29) is 0 Å². The molecule has 0 saturated heterocycles. The van der Waals surface area contributed by atoms with Gasteiger partial charge in [-0.2, -0.15) is 0 Å². The number of aryl methyl sites for hydroxylation is 1. The topological polar surface area (TPSA) is 49.7 Å². The SMILES string of the molecule is CCCCC(CCCCC12CCCC(C(C)CCCCCCCC(C)CC)(CCC1)C(C)CC2)COS(O)(O)c1ccc(C)cc1. The average Bonchev–Trinajstić information content (AvgIpc) is 3.02. The van der Waals surface area contributed by atoms with Crippen molar-refractivity contribution in [2.45, 2.75) is 194 Å². The summed E-state index contributed by atoms with van der Waals surface area (Å²) in [5, 5.41) is 0. The summed E-state index contributed by atoms with van der Waals surface area (Å²) in [6.07, 6.45) is 31.5. The Hall–Kier alpha value is -0.550. The molecule has 0 radical (unpaired) electrons. The zero-order chi connectivity index (χ0) is 33.5. The summed E-state index contributed by atoms with van der Waals surface area (Å²) in [7, 11) is -3.20. The summed E-state index contributed by atoms with van der Waals surface area (Å²) in [5.41, 5.74) is 2.26. The molecule has 1 aromatic rings. The largest absolute Gasteiger partial charge is 0.304 e. The highest BCUT2D eigenvalue weighted by Crippen LogP contribution is 2.57. The lowest BCUT2D eigenvalue weighted by molar-refractivity contribution is -0.0120. The van der Waals surface area contributed by atoms with Gasteiger partial charge >= 0.3 is 0 Å². The van der Waals surface area contributed by atoms with Crippen LogP contribution in [0.4, 0.5) is 0 Å². The van der Waals surface area contributed by atoms with Gasteiger partial charge in [0.05, 0.1) is 11.5 Å². The minimum atomic E-state index is -3.20. The van der Waals surface area contributed by atoms with Gasteiger partial charge in [0.1, 0.15) is 10.9 Å².